The summed E-state index contributed by atoms with van der Waals surface area (Å²) in [6.07, 6.45) is 1.69. The molecule has 30 heavy (non-hydrogen) atoms. The van der Waals surface area contributed by atoms with Crippen LogP contribution >= 0.6 is 0 Å². The first-order valence-corrected chi connectivity index (χ1v) is 10.4. The molecule has 2 heterocycles. The number of aromatic nitrogens is 3. The van der Waals surface area contributed by atoms with E-state index < -0.39 is 0 Å². The molecule has 158 valence electrons. The number of nitrogens with one attached hydrogen (secondary N) is 1. The summed E-state index contributed by atoms with van der Waals surface area (Å²) in [5.41, 5.74) is 3.95. The van der Waals surface area contributed by atoms with Crippen LogP contribution in [0.15, 0.2) is 36.5 Å². The molecule has 1 aromatic carbocycles. The second-order valence-electron chi connectivity index (χ2n) is 7.56. The van der Waals surface area contributed by atoms with Crippen LogP contribution in [0, 0.1) is 6.92 Å². The third kappa shape index (κ3) is 4.20. The van der Waals surface area contributed by atoms with E-state index in [4.69, 9.17) is 4.98 Å². The van der Waals surface area contributed by atoms with Crippen LogP contribution in [0.4, 0.5) is 0 Å². The Kier molecular flexibility index (Phi) is 6.50. The van der Waals surface area contributed by atoms with E-state index in [1.54, 1.807) is 11.1 Å². The van der Waals surface area contributed by atoms with Crippen molar-refractivity contribution in [1.82, 2.24) is 25.0 Å². The van der Waals surface area contributed by atoms with E-state index in [0.717, 1.165) is 16.8 Å². The lowest BCUT2D eigenvalue weighted by Crippen LogP contribution is -2.40. The summed E-state index contributed by atoms with van der Waals surface area (Å²) in [5, 5.41) is 7.93. The van der Waals surface area contributed by atoms with Crippen molar-refractivity contribution >= 4 is 22.8 Å². The minimum atomic E-state index is -0.200. The lowest BCUT2D eigenvalue weighted by atomic mass is 10.0. The van der Waals surface area contributed by atoms with Crippen LogP contribution < -0.4 is 5.32 Å². The van der Waals surface area contributed by atoms with Crippen molar-refractivity contribution in [2.45, 2.75) is 40.7 Å². The predicted octanol–water partition coefficient (Wildman–Crippen LogP) is 3.59. The molecule has 2 aromatic heterocycles. The quantitative estimate of drug-likeness (QED) is 0.649. The van der Waals surface area contributed by atoms with Crippen LogP contribution in [-0.2, 0) is 4.79 Å². The number of rotatable bonds is 7. The fourth-order valence-corrected chi connectivity index (χ4v) is 3.50. The largest absolute Gasteiger partial charge is 0.355 e. The van der Waals surface area contributed by atoms with Gasteiger partial charge >= 0.3 is 0 Å². The molecule has 0 aliphatic heterocycles. The predicted molar refractivity (Wildman–Crippen MR) is 118 cm³/mol. The standard InChI is InChI=1S/C23H29N5O2/c1-6-24-21(29)14-27(7-2)23(30)18-12-20(17-11-9-8-10-16(17)5)26-22-19(18)13-25-28(22)15(3)4/h8-13,15H,6-7,14H2,1-5H3,(H,24,29). The number of nitrogens with zero attached hydrogens (tertiary/aromatic N) is 4. The van der Waals surface area contributed by atoms with Gasteiger partial charge in [0.05, 0.1) is 29.4 Å². The fraction of sp³-hybridized carbons (Fsp3) is 0.391. The van der Waals surface area contributed by atoms with Gasteiger partial charge in [0, 0.05) is 24.7 Å². The third-order valence-corrected chi connectivity index (χ3v) is 5.08. The molecule has 0 spiro atoms. The topological polar surface area (TPSA) is 80.1 Å². The van der Waals surface area contributed by atoms with Gasteiger partial charge in [0.1, 0.15) is 0 Å². The highest BCUT2D eigenvalue weighted by Gasteiger charge is 2.23. The van der Waals surface area contributed by atoms with Gasteiger partial charge in [-0.15, -0.1) is 0 Å². The molecule has 0 radical (unpaired) electrons. The number of carbonyl (C=O) groups is 2. The van der Waals surface area contributed by atoms with Gasteiger partial charge in [0.25, 0.3) is 5.91 Å². The molecule has 3 aromatic rings. The van der Waals surface area contributed by atoms with Gasteiger partial charge in [-0.3, -0.25) is 9.59 Å². The maximum atomic E-state index is 13.5. The highest BCUT2D eigenvalue weighted by Crippen LogP contribution is 2.28. The van der Waals surface area contributed by atoms with E-state index in [9.17, 15) is 9.59 Å². The van der Waals surface area contributed by atoms with Gasteiger partial charge < -0.3 is 10.2 Å². The summed E-state index contributed by atoms with van der Waals surface area (Å²) in [5.74, 6) is -0.371. The van der Waals surface area contributed by atoms with Crippen molar-refractivity contribution in [2.75, 3.05) is 19.6 Å². The zero-order valence-corrected chi connectivity index (χ0v) is 18.3. The minimum absolute atomic E-state index is 0.0189. The molecule has 0 saturated heterocycles. The van der Waals surface area contributed by atoms with Crippen molar-refractivity contribution in [2.24, 2.45) is 0 Å². The van der Waals surface area contributed by atoms with Crippen molar-refractivity contribution in [3.05, 3.63) is 47.7 Å². The Balaban J connectivity index is 2.16. The van der Waals surface area contributed by atoms with E-state index in [2.05, 4.69) is 10.4 Å². The summed E-state index contributed by atoms with van der Waals surface area (Å²) in [6.45, 7) is 10.8. The Morgan fingerprint density at radius 3 is 2.57 bits per heavy atom. The number of benzene rings is 1. The number of pyridine rings is 1. The van der Waals surface area contributed by atoms with Crippen LogP contribution in [0.5, 0.6) is 0 Å². The molecule has 0 fully saturated rings. The van der Waals surface area contributed by atoms with Gasteiger partial charge in [-0.05, 0) is 46.2 Å². The summed E-state index contributed by atoms with van der Waals surface area (Å²) in [4.78, 5) is 32.0. The van der Waals surface area contributed by atoms with Gasteiger partial charge in [0.15, 0.2) is 5.65 Å². The molecular weight excluding hydrogens is 378 g/mol. The first kappa shape index (κ1) is 21.5. The monoisotopic (exact) mass is 407 g/mol. The Hall–Kier alpha value is -3.22. The highest BCUT2D eigenvalue weighted by molar-refractivity contribution is 6.07. The Morgan fingerprint density at radius 2 is 1.93 bits per heavy atom. The minimum Gasteiger partial charge on any atom is -0.355 e. The van der Waals surface area contributed by atoms with Crippen LogP contribution in [0.3, 0.4) is 0 Å². The van der Waals surface area contributed by atoms with Crippen LogP contribution in [0.2, 0.25) is 0 Å². The molecule has 1 N–H and O–H groups in total. The maximum absolute atomic E-state index is 13.5. The second kappa shape index (κ2) is 9.07. The Labute approximate surface area is 177 Å². The molecule has 0 aliphatic rings. The van der Waals surface area contributed by atoms with E-state index in [-0.39, 0.29) is 24.4 Å². The number of likely N-dealkylation sites (N-methyl/N-ethyl adjacent to an activating group) is 2. The summed E-state index contributed by atoms with van der Waals surface area (Å²) >= 11 is 0. The Morgan fingerprint density at radius 1 is 1.20 bits per heavy atom. The summed E-state index contributed by atoms with van der Waals surface area (Å²) in [6, 6.07) is 9.88. The molecule has 0 aliphatic carbocycles. The van der Waals surface area contributed by atoms with Gasteiger partial charge in [0.2, 0.25) is 5.91 Å². The molecule has 0 saturated carbocycles. The maximum Gasteiger partial charge on any atom is 0.255 e. The Bertz CT molecular complexity index is 1070. The lowest BCUT2D eigenvalue weighted by Gasteiger charge is -2.21. The smallest absolute Gasteiger partial charge is 0.255 e. The third-order valence-electron chi connectivity index (χ3n) is 5.08. The normalized spacial score (nSPS) is 11.1. The number of fused-ring (bicyclic) bond motifs is 1. The van der Waals surface area contributed by atoms with Crippen LogP contribution in [0.25, 0.3) is 22.3 Å². The van der Waals surface area contributed by atoms with Gasteiger partial charge in [-0.1, -0.05) is 24.3 Å². The van der Waals surface area contributed by atoms with E-state index in [1.165, 1.54) is 0 Å². The molecule has 0 atom stereocenters. The average molecular weight is 408 g/mol. The molecule has 7 heteroatoms. The zero-order valence-electron chi connectivity index (χ0n) is 18.3. The number of hydrogen-bond acceptors (Lipinski definition) is 4. The van der Waals surface area contributed by atoms with E-state index in [1.807, 2.05) is 69.6 Å². The number of carbonyl (C=O) groups excluding carboxylic acids is 2. The molecule has 3 rings (SSSR count). The SMILES string of the molecule is CCNC(=O)CN(CC)C(=O)c1cc(-c2ccccc2C)nc2c1cnn2C(C)C. The van der Waals surface area contributed by atoms with Crippen molar-refractivity contribution in [3.63, 3.8) is 0 Å². The van der Waals surface area contributed by atoms with Crippen LogP contribution in [0.1, 0.15) is 49.7 Å². The molecule has 2 amide bonds. The second-order valence-corrected chi connectivity index (χ2v) is 7.56. The highest BCUT2D eigenvalue weighted by atomic mass is 16.2. The number of amides is 2. The van der Waals surface area contributed by atoms with Gasteiger partial charge in [-0.2, -0.15) is 5.10 Å². The molecular formula is C23H29N5O2. The van der Waals surface area contributed by atoms with Gasteiger partial charge in [-0.25, -0.2) is 9.67 Å². The molecule has 0 bridgehead atoms. The summed E-state index contributed by atoms with van der Waals surface area (Å²) in [7, 11) is 0. The first-order chi connectivity index (χ1) is 14.4. The number of aryl methyl sites for hydroxylation is 1. The van der Waals surface area contributed by atoms with E-state index >= 15 is 0 Å². The molecule has 7 nitrogen and oxygen atoms in total. The first-order valence-electron chi connectivity index (χ1n) is 10.4. The average Bonchev–Trinajstić information content (AvgIpc) is 3.15. The number of hydrogen-bond donors (Lipinski definition) is 1. The van der Waals surface area contributed by atoms with Crippen molar-refractivity contribution < 1.29 is 9.59 Å². The zero-order chi connectivity index (χ0) is 21.8. The summed E-state index contributed by atoms with van der Waals surface area (Å²) < 4.78 is 1.83. The fourth-order valence-electron chi connectivity index (χ4n) is 3.50. The lowest BCUT2D eigenvalue weighted by molar-refractivity contribution is -0.121. The molecule has 0 unspecified atom stereocenters. The van der Waals surface area contributed by atoms with Crippen LogP contribution in [-0.4, -0.2) is 51.1 Å². The van der Waals surface area contributed by atoms with Crippen molar-refractivity contribution in [3.8, 4) is 11.3 Å². The van der Waals surface area contributed by atoms with E-state index in [0.29, 0.717) is 29.7 Å². The van der Waals surface area contributed by atoms with Crippen molar-refractivity contribution in [1.29, 1.82) is 0 Å².